The number of hydrogen-bond acceptors (Lipinski definition) is 4. The number of anilines is 1. The van der Waals surface area contributed by atoms with Gasteiger partial charge in [0.25, 0.3) is 0 Å². The maximum atomic E-state index is 12.2. The van der Waals surface area contributed by atoms with Crippen molar-refractivity contribution in [1.82, 2.24) is 4.72 Å². The third-order valence-corrected chi connectivity index (χ3v) is 5.54. The molecule has 0 spiro atoms. The van der Waals surface area contributed by atoms with Gasteiger partial charge >= 0.3 is 0 Å². The molecule has 0 aliphatic rings. The molecule has 3 N–H and O–H groups in total. The molecule has 5 nitrogen and oxygen atoms in total. The zero-order valence-corrected chi connectivity index (χ0v) is 15.7. The molecule has 3 rings (SSSR count). The SMILES string of the molecule is Nc1ccc(S(=O)(=O)NCCc2ccc(OCc3ccccc3)cc2)cc1. The van der Waals surface area contributed by atoms with E-state index in [1.807, 2.05) is 54.6 Å². The van der Waals surface area contributed by atoms with E-state index in [2.05, 4.69) is 4.72 Å². The zero-order valence-electron chi connectivity index (χ0n) is 14.8. The molecule has 0 fully saturated rings. The van der Waals surface area contributed by atoms with Crippen LogP contribution in [0.5, 0.6) is 5.75 Å². The molecule has 0 heterocycles. The van der Waals surface area contributed by atoms with Gasteiger partial charge < -0.3 is 10.5 Å². The molecule has 0 aliphatic heterocycles. The van der Waals surface area contributed by atoms with Gasteiger partial charge in [-0.2, -0.15) is 0 Å². The Morgan fingerprint density at radius 3 is 2.15 bits per heavy atom. The van der Waals surface area contributed by atoms with Crippen LogP contribution in [0, 0.1) is 0 Å². The number of sulfonamides is 1. The van der Waals surface area contributed by atoms with Crippen LogP contribution in [0.1, 0.15) is 11.1 Å². The summed E-state index contributed by atoms with van der Waals surface area (Å²) in [4.78, 5) is 0.210. The first-order valence-corrected chi connectivity index (χ1v) is 10.1. The Bertz CT molecular complexity index is 955. The second-order valence-electron chi connectivity index (χ2n) is 6.14. The van der Waals surface area contributed by atoms with E-state index in [9.17, 15) is 8.42 Å². The molecule has 0 saturated carbocycles. The van der Waals surface area contributed by atoms with Gasteiger partial charge in [-0.05, 0) is 53.9 Å². The predicted molar refractivity (Wildman–Crippen MR) is 107 cm³/mol. The average molecular weight is 382 g/mol. The largest absolute Gasteiger partial charge is 0.489 e. The van der Waals surface area contributed by atoms with E-state index in [0.29, 0.717) is 25.3 Å². The van der Waals surface area contributed by atoms with Crippen LogP contribution in [0.3, 0.4) is 0 Å². The highest BCUT2D eigenvalue weighted by Crippen LogP contribution is 2.15. The van der Waals surface area contributed by atoms with Gasteiger partial charge in [-0.25, -0.2) is 13.1 Å². The topological polar surface area (TPSA) is 81.4 Å². The van der Waals surface area contributed by atoms with Gasteiger partial charge in [0.15, 0.2) is 0 Å². The molecule has 6 heteroatoms. The van der Waals surface area contributed by atoms with Crippen molar-refractivity contribution in [2.45, 2.75) is 17.9 Å². The Morgan fingerprint density at radius 1 is 0.815 bits per heavy atom. The van der Waals surface area contributed by atoms with Crippen molar-refractivity contribution in [3.8, 4) is 5.75 Å². The molecular weight excluding hydrogens is 360 g/mol. The van der Waals surface area contributed by atoms with Crippen molar-refractivity contribution in [2.75, 3.05) is 12.3 Å². The molecule has 0 radical (unpaired) electrons. The molecule has 0 unspecified atom stereocenters. The highest BCUT2D eigenvalue weighted by Gasteiger charge is 2.12. The second-order valence-corrected chi connectivity index (χ2v) is 7.90. The second kappa shape index (κ2) is 8.70. The number of benzene rings is 3. The number of rotatable bonds is 8. The van der Waals surface area contributed by atoms with Crippen molar-refractivity contribution < 1.29 is 13.2 Å². The third kappa shape index (κ3) is 5.57. The van der Waals surface area contributed by atoms with E-state index in [1.165, 1.54) is 12.1 Å². The lowest BCUT2D eigenvalue weighted by molar-refractivity contribution is 0.306. The highest BCUT2D eigenvalue weighted by molar-refractivity contribution is 7.89. The summed E-state index contributed by atoms with van der Waals surface area (Å²) in [5, 5.41) is 0. The molecular formula is C21H22N2O3S. The Labute approximate surface area is 159 Å². The third-order valence-electron chi connectivity index (χ3n) is 4.07. The minimum Gasteiger partial charge on any atom is -0.489 e. The van der Waals surface area contributed by atoms with Crippen LogP contribution >= 0.6 is 0 Å². The lowest BCUT2D eigenvalue weighted by atomic mass is 10.1. The maximum Gasteiger partial charge on any atom is 0.240 e. The van der Waals surface area contributed by atoms with Gasteiger partial charge in [-0.15, -0.1) is 0 Å². The minimum atomic E-state index is -3.52. The van der Waals surface area contributed by atoms with Gasteiger partial charge in [0, 0.05) is 12.2 Å². The van der Waals surface area contributed by atoms with E-state index in [1.54, 1.807) is 12.1 Å². The van der Waals surface area contributed by atoms with Crippen molar-refractivity contribution in [3.63, 3.8) is 0 Å². The van der Waals surface area contributed by atoms with Crippen molar-refractivity contribution in [2.24, 2.45) is 0 Å². The monoisotopic (exact) mass is 382 g/mol. The first-order chi connectivity index (χ1) is 13.0. The van der Waals surface area contributed by atoms with Crippen molar-refractivity contribution >= 4 is 15.7 Å². The van der Waals surface area contributed by atoms with Gasteiger partial charge in [0.05, 0.1) is 4.90 Å². The molecule has 0 atom stereocenters. The van der Waals surface area contributed by atoms with Gasteiger partial charge in [0.2, 0.25) is 10.0 Å². The average Bonchev–Trinajstić information content (AvgIpc) is 2.68. The molecule has 3 aromatic carbocycles. The van der Waals surface area contributed by atoms with Gasteiger partial charge in [0.1, 0.15) is 12.4 Å². The summed E-state index contributed by atoms with van der Waals surface area (Å²) in [6, 6.07) is 23.8. The van der Waals surface area contributed by atoms with Crippen LogP contribution < -0.4 is 15.2 Å². The first-order valence-electron chi connectivity index (χ1n) is 8.64. The summed E-state index contributed by atoms with van der Waals surface area (Å²) >= 11 is 0. The summed E-state index contributed by atoms with van der Waals surface area (Å²) in [5.41, 5.74) is 8.26. The van der Waals surface area contributed by atoms with Crippen LogP contribution in [0.25, 0.3) is 0 Å². The lowest BCUT2D eigenvalue weighted by Gasteiger charge is -2.09. The van der Waals surface area contributed by atoms with E-state index in [-0.39, 0.29) is 4.90 Å². The van der Waals surface area contributed by atoms with Crippen LogP contribution in [-0.2, 0) is 23.1 Å². The van der Waals surface area contributed by atoms with Crippen LogP contribution in [0.15, 0.2) is 83.8 Å². The van der Waals surface area contributed by atoms with Crippen LogP contribution in [0.2, 0.25) is 0 Å². The molecule has 3 aromatic rings. The zero-order chi connectivity index (χ0) is 19.1. The van der Waals surface area contributed by atoms with Crippen LogP contribution in [-0.4, -0.2) is 15.0 Å². The van der Waals surface area contributed by atoms with E-state index >= 15 is 0 Å². The standard InChI is InChI=1S/C21H22N2O3S/c22-19-8-12-21(13-9-19)27(24,25)23-15-14-17-6-10-20(11-7-17)26-16-18-4-2-1-3-5-18/h1-13,23H,14-16,22H2. The Balaban J connectivity index is 1.49. The fourth-order valence-corrected chi connectivity index (χ4v) is 3.59. The molecule has 0 bridgehead atoms. The lowest BCUT2D eigenvalue weighted by Crippen LogP contribution is -2.26. The van der Waals surface area contributed by atoms with Gasteiger partial charge in [-0.1, -0.05) is 42.5 Å². The fraction of sp³-hybridized carbons (Fsp3) is 0.143. The van der Waals surface area contributed by atoms with E-state index < -0.39 is 10.0 Å². The summed E-state index contributed by atoms with van der Waals surface area (Å²) < 4.78 is 32.8. The number of nitrogen functional groups attached to an aromatic ring is 1. The molecule has 0 aromatic heterocycles. The number of nitrogens with two attached hydrogens (primary N) is 1. The van der Waals surface area contributed by atoms with Crippen molar-refractivity contribution in [1.29, 1.82) is 0 Å². The Morgan fingerprint density at radius 2 is 1.48 bits per heavy atom. The summed E-state index contributed by atoms with van der Waals surface area (Å²) in [6.07, 6.45) is 0.590. The summed E-state index contributed by atoms with van der Waals surface area (Å²) in [7, 11) is -3.52. The quantitative estimate of drug-likeness (QED) is 0.585. The summed E-state index contributed by atoms with van der Waals surface area (Å²) in [6.45, 7) is 0.832. The predicted octanol–water partition coefficient (Wildman–Crippen LogP) is 3.37. The number of nitrogens with one attached hydrogen (secondary N) is 1. The molecule has 0 amide bonds. The molecule has 0 aliphatic carbocycles. The molecule has 27 heavy (non-hydrogen) atoms. The first kappa shape index (κ1) is 18.9. The highest BCUT2D eigenvalue weighted by atomic mass is 32.2. The Hall–Kier alpha value is -2.83. The van der Waals surface area contributed by atoms with E-state index in [4.69, 9.17) is 10.5 Å². The maximum absolute atomic E-state index is 12.2. The fourth-order valence-electron chi connectivity index (χ4n) is 2.55. The number of hydrogen-bond donors (Lipinski definition) is 2. The molecule has 0 saturated heterocycles. The smallest absolute Gasteiger partial charge is 0.240 e. The normalized spacial score (nSPS) is 11.3. The van der Waals surface area contributed by atoms with Crippen molar-refractivity contribution in [3.05, 3.63) is 90.0 Å². The summed E-state index contributed by atoms with van der Waals surface area (Å²) in [5.74, 6) is 0.782. The number of ether oxygens (including phenoxy) is 1. The van der Waals surface area contributed by atoms with Gasteiger partial charge in [-0.3, -0.25) is 0 Å². The van der Waals surface area contributed by atoms with E-state index in [0.717, 1.165) is 16.9 Å². The minimum absolute atomic E-state index is 0.210. The Kier molecular flexibility index (Phi) is 6.11. The molecule has 140 valence electrons. The van der Waals surface area contributed by atoms with Crippen LogP contribution in [0.4, 0.5) is 5.69 Å².